The van der Waals surface area contributed by atoms with Gasteiger partial charge < -0.3 is 9.47 Å². The normalized spacial score (nSPS) is 44.8. The lowest BCUT2D eigenvalue weighted by Crippen LogP contribution is -2.21. The second-order valence-corrected chi connectivity index (χ2v) is 7.48. The summed E-state index contributed by atoms with van der Waals surface area (Å²) in [5.74, 6) is -0.691. The molecule has 2 heterocycles. The number of rotatable bonds is 0. The summed E-state index contributed by atoms with van der Waals surface area (Å²) in [7, 11) is 0. The van der Waals surface area contributed by atoms with Crippen LogP contribution in [0.2, 0.25) is 0 Å². The maximum atomic E-state index is 11.2. The fourth-order valence-electron chi connectivity index (χ4n) is 5.40. The number of allylic oxidation sites excluding steroid dienone is 4. The Balaban J connectivity index is 0.000000118. The molecule has 2 saturated heterocycles. The van der Waals surface area contributed by atoms with Gasteiger partial charge in [-0.2, -0.15) is 0 Å². The van der Waals surface area contributed by atoms with Gasteiger partial charge in [-0.15, -0.1) is 0 Å². The van der Waals surface area contributed by atoms with Gasteiger partial charge in [0.25, 0.3) is 0 Å². The van der Waals surface area contributed by atoms with Crippen LogP contribution in [0.3, 0.4) is 0 Å². The molecule has 5 unspecified atom stereocenters. The third-order valence-electron chi connectivity index (χ3n) is 6.41. The van der Waals surface area contributed by atoms with E-state index in [1.165, 1.54) is 0 Å². The van der Waals surface area contributed by atoms with Gasteiger partial charge in [0, 0.05) is 0 Å². The summed E-state index contributed by atoms with van der Waals surface area (Å²) >= 11 is 0. The molecule has 0 aromatic rings. The SMILES string of the molecule is CC.O=C1OC(=O)C2C3C=CC(C3)C12.O=C1OC(=O)[C@H]2C3C=C[C@@H](C3)[C@@H]12. The molecular weight excluding hydrogens is 336 g/mol. The second-order valence-electron chi connectivity index (χ2n) is 7.48. The van der Waals surface area contributed by atoms with Crippen LogP contribution in [-0.2, 0) is 28.7 Å². The largest absolute Gasteiger partial charge is 0.393 e. The van der Waals surface area contributed by atoms with E-state index in [-0.39, 0.29) is 71.2 Å². The molecule has 6 heteroatoms. The minimum absolute atomic E-state index is 0.146. The topological polar surface area (TPSA) is 86.7 Å². The van der Waals surface area contributed by atoms with E-state index in [0.717, 1.165) is 12.8 Å². The van der Waals surface area contributed by atoms with Gasteiger partial charge in [0.05, 0.1) is 23.7 Å². The average molecular weight is 358 g/mol. The van der Waals surface area contributed by atoms with Crippen LogP contribution in [-0.4, -0.2) is 23.9 Å². The molecule has 4 bridgehead atoms. The molecule has 0 spiro atoms. The zero-order chi connectivity index (χ0) is 18.6. The summed E-state index contributed by atoms with van der Waals surface area (Å²) < 4.78 is 9.18. The van der Waals surface area contributed by atoms with Crippen LogP contribution >= 0.6 is 0 Å². The summed E-state index contributed by atoms with van der Waals surface area (Å²) in [6.45, 7) is 4.00. The van der Waals surface area contributed by atoms with E-state index in [1.54, 1.807) is 0 Å². The van der Waals surface area contributed by atoms with E-state index >= 15 is 0 Å². The van der Waals surface area contributed by atoms with Crippen molar-refractivity contribution < 1.29 is 28.7 Å². The quantitative estimate of drug-likeness (QED) is 0.374. The molecule has 0 aromatic heterocycles. The summed E-state index contributed by atoms with van der Waals surface area (Å²) in [6.07, 6.45) is 10.1. The minimum atomic E-state index is -0.304. The van der Waals surface area contributed by atoms with Gasteiger partial charge in [0.15, 0.2) is 0 Å². The zero-order valence-electron chi connectivity index (χ0n) is 14.8. The average Bonchev–Trinajstić information content (AvgIpc) is 3.43. The Labute approximate surface area is 151 Å². The third kappa shape index (κ3) is 2.31. The molecule has 138 valence electrons. The summed E-state index contributed by atoms with van der Waals surface area (Å²) in [5, 5.41) is 0. The molecule has 0 N–H and O–H groups in total. The van der Waals surface area contributed by atoms with Gasteiger partial charge in [-0.1, -0.05) is 38.2 Å². The van der Waals surface area contributed by atoms with Crippen LogP contribution in [0.25, 0.3) is 0 Å². The summed E-state index contributed by atoms with van der Waals surface area (Å²) in [5.41, 5.74) is 0. The Kier molecular flexibility index (Phi) is 4.09. The van der Waals surface area contributed by atoms with Crippen molar-refractivity contribution in [3.05, 3.63) is 24.3 Å². The Morgan fingerprint density at radius 2 is 0.808 bits per heavy atom. The van der Waals surface area contributed by atoms with Gasteiger partial charge in [-0.3, -0.25) is 19.2 Å². The summed E-state index contributed by atoms with van der Waals surface area (Å²) in [6, 6.07) is 0. The van der Waals surface area contributed by atoms with Crippen LogP contribution in [0, 0.1) is 47.3 Å². The highest BCUT2D eigenvalue weighted by Gasteiger charge is 2.58. The lowest BCUT2D eigenvalue weighted by Gasteiger charge is -2.12. The summed E-state index contributed by atoms with van der Waals surface area (Å²) in [4.78, 5) is 44.7. The molecule has 4 aliphatic carbocycles. The molecule has 26 heavy (non-hydrogen) atoms. The first kappa shape index (κ1) is 17.2. The molecule has 2 saturated carbocycles. The first-order chi connectivity index (χ1) is 12.5. The first-order valence-corrected chi connectivity index (χ1v) is 9.42. The second kappa shape index (κ2) is 6.18. The van der Waals surface area contributed by atoms with Gasteiger partial charge >= 0.3 is 23.9 Å². The molecule has 6 rings (SSSR count). The zero-order valence-corrected chi connectivity index (χ0v) is 14.8. The van der Waals surface area contributed by atoms with Crippen LogP contribution in [0.5, 0.6) is 0 Å². The highest BCUT2D eigenvalue weighted by molar-refractivity contribution is 5.98. The van der Waals surface area contributed by atoms with Crippen LogP contribution < -0.4 is 0 Å². The van der Waals surface area contributed by atoms with E-state index < -0.39 is 0 Å². The number of carbonyl (C=O) groups excluding carboxylic acids is 4. The van der Waals surface area contributed by atoms with Crippen molar-refractivity contribution in [1.82, 2.24) is 0 Å². The fraction of sp³-hybridized carbons (Fsp3) is 0.600. The number of hydrogen-bond donors (Lipinski definition) is 0. The van der Waals surface area contributed by atoms with Crippen molar-refractivity contribution in [3.8, 4) is 0 Å². The van der Waals surface area contributed by atoms with Crippen molar-refractivity contribution in [2.24, 2.45) is 47.3 Å². The molecule has 0 radical (unpaired) electrons. The van der Waals surface area contributed by atoms with Crippen molar-refractivity contribution >= 4 is 23.9 Å². The standard InChI is InChI=1S/2C9H8O3.C2H6/c2*10-8-6-4-1-2-5(3-4)7(6)9(11)12-8;1-2/h2*1-2,4-7H,3H2;1-2H3/t4-,5?,6+,7-;;/m0../s1. The smallest absolute Gasteiger partial charge is 0.318 e. The maximum Gasteiger partial charge on any atom is 0.318 e. The predicted molar refractivity (Wildman–Crippen MR) is 89.0 cm³/mol. The highest BCUT2D eigenvalue weighted by atomic mass is 16.6. The number of esters is 4. The maximum absolute atomic E-state index is 11.2. The molecule has 0 aromatic carbocycles. The number of cyclic esters (lactones) is 4. The lowest BCUT2D eigenvalue weighted by molar-refractivity contribution is -0.156. The fourth-order valence-corrected chi connectivity index (χ4v) is 5.40. The Hall–Kier alpha value is -2.24. The number of hydrogen-bond acceptors (Lipinski definition) is 6. The van der Waals surface area contributed by atoms with Crippen molar-refractivity contribution in [2.45, 2.75) is 26.7 Å². The van der Waals surface area contributed by atoms with Gasteiger partial charge in [-0.05, 0) is 36.5 Å². The van der Waals surface area contributed by atoms with Crippen LogP contribution in [0.15, 0.2) is 24.3 Å². The first-order valence-electron chi connectivity index (χ1n) is 9.42. The van der Waals surface area contributed by atoms with E-state index in [4.69, 9.17) is 0 Å². The van der Waals surface area contributed by atoms with E-state index in [2.05, 4.69) is 9.47 Å². The highest BCUT2D eigenvalue weighted by Crippen LogP contribution is 2.52. The van der Waals surface area contributed by atoms with E-state index in [0.29, 0.717) is 0 Å². The lowest BCUT2D eigenvalue weighted by atomic mass is 9.85. The molecular formula is C20H22O6. The van der Waals surface area contributed by atoms with Gasteiger partial charge in [0.2, 0.25) is 0 Å². The van der Waals surface area contributed by atoms with Crippen LogP contribution in [0.1, 0.15) is 26.7 Å². The van der Waals surface area contributed by atoms with Gasteiger partial charge in [0.1, 0.15) is 0 Å². The molecule has 2 aliphatic heterocycles. The van der Waals surface area contributed by atoms with Crippen molar-refractivity contribution in [3.63, 3.8) is 0 Å². The van der Waals surface area contributed by atoms with E-state index in [9.17, 15) is 19.2 Å². The Morgan fingerprint density at radius 1 is 0.577 bits per heavy atom. The minimum Gasteiger partial charge on any atom is -0.393 e. The van der Waals surface area contributed by atoms with Crippen molar-refractivity contribution in [1.29, 1.82) is 0 Å². The molecule has 0 amide bonds. The van der Waals surface area contributed by atoms with Gasteiger partial charge in [-0.25, -0.2) is 0 Å². The number of fused-ring (bicyclic) bond motifs is 10. The number of ether oxygens (including phenoxy) is 2. The van der Waals surface area contributed by atoms with E-state index in [1.807, 2.05) is 38.2 Å². The Morgan fingerprint density at radius 3 is 1.04 bits per heavy atom. The molecule has 6 nitrogen and oxygen atoms in total. The monoisotopic (exact) mass is 358 g/mol. The number of carbonyl (C=O) groups is 4. The third-order valence-corrected chi connectivity index (χ3v) is 6.41. The van der Waals surface area contributed by atoms with Crippen LogP contribution in [0.4, 0.5) is 0 Å². The predicted octanol–water partition coefficient (Wildman–Crippen LogP) is 2.04. The molecule has 4 fully saturated rings. The molecule has 6 aliphatic rings. The van der Waals surface area contributed by atoms with Crippen molar-refractivity contribution in [2.75, 3.05) is 0 Å². The Bertz CT molecular complexity index is 617. The molecule has 8 atom stereocenters.